The van der Waals surface area contributed by atoms with Gasteiger partial charge in [0.25, 0.3) is 5.91 Å². The third kappa shape index (κ3) is 3.11. The zero-order valence-electron chi connectivity index (χ0n) is 8.78. The molecule has 1 amide bonds. The predicted molar refractivity (Wildman–Crippen MR) is 56.2 cm³/mol. The summed E-state index contributed by atoms with van der Waals surface area (Å²) < 4.78 is 26.4. The molecule has 1 aromatic carbocycles. The largest absolute Gasteiger partial charge is 0.396 e. The molecule has 0 aromatic heterocycles. The molecule has 0 fully saturated rings. The van der Waals surface area contributed by atoms with Crippen LogP contribution in [-0.4, -0.2) is 35.4 Å². The van der Waals surface area contributed by atoms with Crippen molar-refractivity contribution in [2.45, 2.75) is 6.04 Å². The summed E-state index contributed by atoms with van der Waals surface area (Å²) in [6.07, 6.45) is 0. The second-order valence-electron chi connectivity index (χ2n) is 3.39. The average molecular weight is 246 g/mol. The highest BCUT2D eigenvalue weighted by molar-refractivity contribution is 5.95. The van der Waals surface area contributed by atoms with Crippen molar-refractivity contribution in [1.29, 1.82) is 0 Å². The van der Waals surface area contributed by atoms with Crippen LogP contribution in [0.2, 0.25) is 0 Å². The van der Waals surface area contributed by atoms with Gasteiger partial charge in [-0.1, -0.05) is 0 Å². The number of nitrogens with two attached hydrogens (primary N) is 1. The molecular weight excluding hydrogens is 234 g/mol. The Morgan fingerprint density at radius 2 is 1.94 bits per heavy atom. The van der Waals surface area contributed by atoms with Crippen LogP contribution in [0.1, 0.15) is 10.4 Å². The quantitative estimate of drug-likeness (QED) is 0.545. The number of halogens is 2. The van der Waals surface area contributed by atoms with Crippen molar-refractivity contribution in [2.24, 2.45) is 0 Å². The van der Waals surface area contributed by atoms with Gasteiger partial charge in [0, 0.05) is 0 Å². The van der Waals surface area contributed by atoms with E-state index in [1.54, 1.807) is 0 Å². The maximum Gasteiger partial charge on any atom is 0.254 e. The molecule has 0 saturated carbocycles. The summed E-state index contributed by atoms with van der Waals surface area (Å²) >= 11 is 0. The molecule has 0 bridgehead atoms. The van der Waals surface area contributed by atoms with Crippen molar-refractivity contribution in [3.63, 3.8) is 0 Å². The van der Waals surface area contributed by atoms with Gasteiger partial charge in [0.1, 0.15) is 5.82 Å². The zero-order chi connectivity index (χ0) is 13.0. The molecule has 1 rings (SSSR count). The lowest BCUT2D eigenvalue weighted by atomic mass is 10.1. The maximum absolute atomic E-state index is 13.4. The van der Waals surface area contributed by atoms with Crippen LogP contribution >= 0.6 is 0 Å². The Kier molecular flexibility index (Phi) is 4.36. The van der Waals surface area contributed by atoms with Crippen molar-refractivity contribution < 1.29 is 23.8 Å². The number of anilines is 1. The Bertz CT molecular complexity index is 422. The highest BCUT2D eigenvalue weighted by atomic mass is 19.1. The summed E-state index contributed by atoms with van der Waals surface area (Å²) in [4.78, 5) is 11.5. The van der Waals surface area contributed by atoms with Crippen LogP contribution in [0.3, 0.4) is 0 Å². The van der Waals surface area contributed by atoms with Gasteiger partial charge in [-0.3, -0.25) is 4.79 Å². The van der Waals surface area contributed by atoms with E-state index >= 15 is 0 Å². The van der Waals surface area contributed by atoms with Crippen LogP contribution < -0.4 is 11.1 Å². The molecule has 0 heterocycles. The zero-order valence-corrected chi connectivity index (χ0v) is 8.78. The third-order valence-electron chi connectivity index (χ3n) is 2.09. The summed E-state index contributed by atoms with van der Waals surface area (Å²) in [6, 6.07) is 0.500. The van der Waals surface area contributed by atoms with E-state index in [1.165, 1.54) is 0 Å². The van der Waals surface area contributed by atoms with Gasteiger partial charge in [0.15, 0.2) is 5.82 Å². The van der Waals surface area contributed by atoms with Gasteiger partial charge in [0.05, 0.1) is 30.5 Å². The number of carbonyl (C=O) groups excluding carboxylic acids is 1. The number of rotatable bonds is 4. The van der Waals surface area contributed by atoms with E-state index in [1.807, 2.05) is 0 Å². The molecule has 0 unspecified atom stereocenters. The topological polar surface area (TPSA) is 95.6 Å². The number of hydrogen-bond donors (Lipinski definition) is 4. The number of nitrogens with one attached hydrogen (secondary N) is 1. The van der Waals surface area contributed by atoms with Crippen molar-refractivity contribution in [1.82, 2.24) is 5.32 Å². The Balaban J connectivity index is 2.96. The monoisotopic (exact) mass is 246 g/mol. The number of aliphatic hydroxyl groups is 2. The normalized spacial score (nSPS) is 10.6. The van der Waals surface area contributed by atoms with Gasteiger partial charge < -0.3 is 21.3 Å². The van der Waals surface area contributed by atoms with E-state index in [0.717, 1.165) is 6.07 Å². The molecule has 1 aromatic rings. The number of benzene rings is 1. The number of amides is 1. The van der Waals surface area contributed by atoms with Crippen molar-refractivity contribution >= 4 is 11.6 Å². The van der Waals surface area contributed by atoms with Crippen LogP contribution in [-0.2, 0) is 0 Å². The molecule has 5 nitrogen and oxygen atoms in total. The van der Waals surface area contributed by atoms with E-state index in [0.29, 0.717) is 6.07 Å². The van der Waals surface area contributed by atoms with Crippen molar-refractivity contribution in [3.05, 3.63) is 29.3 Å². The minimum absolute atomic E-state index is 0.486. The third-order valence-corrected chi connectivity index (χ3v) is 2.09. The van der Waals surface area contributed by atoms with Gasteiger partial charge in [-0.2, -0.15) is 0 Å². The van der Waals surface area contributed by atoms with Crippen LogP contribution in [0.25, 0.3) is 0 Å². The fraction of sp³-hybridized carbons (Fsp3) is 0.300. The molecule has 0 spiro atoms. The van der Waals surface area contributed by atoms with E-state index in [4.69, 9.17) is 15.9 Å². The van der Waals surface area contributed by atoms with Crippen LogP contribution in [0.5, 0.6) is 0 Å². The van der Waals surface area contributed by atoms with E-state index < -0.39 is 48.0 Å². The van der Waals surface area contributed by atoms with Gasteiger partial charge in [-0.25, -0.2) is 8.78 Å². The first kappa shape index (κ1) is 13.3. The molecule has 0 aliphatic carbocycles. The Morgan fingerprint density at radius 3 is 2.47 bits per heavy atom. The standard InChI is InChI=1S/C10H12F2N2O3/c11-5-1-7(9(12)8(13)2-5)10(17)14-6(3-15)4-16/h1-2,6,15-16H,3-4,13H2,(H,14,17). The highest BCUT2D eigenvalue weighted by Gasteiger charge is 2.18. The first-order valence-corrected chi connectivity index (χ1v) is 4.76. The van der Waals surface area contributed by atoms with Crippen LogP contribution in [0.15, 0.2) is 12.1 Å². The first-order valence-electron chi connectivity index (χ1n) is 4.76. The first-order chi connectivity index (χ1) is 7.99. The summed E-state index contributed by atoms with van der Waals surface area (Å²) in [5, 5.41) is 19.6. The molecular formula is C10H12F2N2O3. The van der Waals surface area contributed by atoms with Gasteiger partial charge in [-0.05, 0) is 12.1 Å². The smallest absolute Gasteiger partial charge is 0.254 e. The molecule has 0 saturated heterocycles. The molecule has 94 valence electrons. The molecule has 5 N–H and O–H groups in total. The summed E-state index contributed by atoms with van der Waals surface area (Å²) in [6.45, 7) is -1.04. The molecule has 17 heavy (non-hydrogen) atoms. The fourth-order valence-electron chi connectivity index (χ4n) is 1.19. The minimum Gasteiger partial charge on any atom is -0.396 e. The summed E-state index contributed by atoms with van der Waals surface area (Å²) in [5.74, 6) is -2.85. The van der Waals surface area contributed by atoms with E-state index in [2.05, 4.69) is 5.32 Å². The van der Waals surface area contributed by atoms with Gasteiger partial charge >= 0.3 is 0 Å². The average Bonchev–Trinajstić information content (AvgIpc) is 2.30. The summed E-state index contributed by atoms with van der Waals surface area (Å²) in [5.41, 5.74) is 4.10. The second-order valence-corrected chi connectivity index (χ2v) is 3.39. The number of aliphatic hydroxyl groups excluding tert-OH is 2. The highest BCUT2D eigenvalue weighted by Crippen LogP contribution is 2.17. The number of carbonyl (C=O) groups is 1. The molecule has 0 radical (unpaired) electrons. The lowest BCUT2D eigenvalue weighted by molar-refractivity contribution is 0.0875. The second kappa shape index (κ2) is 5.55. The predicted octanol–water partition coefficient (Wildman–Crippen LogP) is -0.370. The molecule has 0 aliphatic rings. The molecule has 7 heteroatoms. The molecule has 0 aliphatic heterocycles. The summed E-state index contributed by atoms with van der Waals surface area (Å²) in [7, 11) is 0. The van der Waals surface area contributed by atoms with Gasteiger partial charge in [-0.15, -0.1) is 0 Å². The lowest BCUT2D eigenvalue weighted by Crippen LogP contribution is -2.40. The van der Waals surface area contributed by atoms with Crippen LogP contribution in [0.4, 0.5) is 14.5 Å². The lowest BCUT2D eigenvalue weighted by Gasteiger charge is -2.14. The maximum atomic E-state index is 13.4. The Hall–Kier alpha value is -1.73. The number of nitrogen functional groups attached to an aromatic ring is 1. The minimum atomic E-state index is -1.04. The van der Waals surface area contributed by atoms with E-state index in [-0.39, 0.29) is 0 Å². The SMILES string of the molecule is Nc1cc(F)cc(C(=O)NC(CO)CO)c1F. The van der Waals surface area contributed by atoms with E-state index in [9.17, 15) is 13.6 Å². The Morgan fingerprint density at radius 1 is 1.35 bits per heavy atom. The molecule has 0 atom stereocenters. The van der Waals surface area contributed by atoms with Crippen molar-refractivity contribution in [2.75, 3.05) is 18.9 Å². The Labute approximate surface area is 95.9 Å². The number of hydrogen-bond acceptors (Lipinski definition) is 4. The van der Waals surface area contributed by atoms with Crippen molar-refractivity contribution in [3.8, 4) is 0 Å². The van der Waals surface area contributed by atoms with Crippen LogP contribution in [0, 0.1) is 11.6 Å². The van der Waals surface area contributed by atoms with Gasteiger partial charge in [0.2, 0.25) is 0 Å². The fourth-order valence-corrected chi connectivity index (χ4v) is 1.19.